The van der Waals surface area contributed by atoms with Gasteiger partial charge in [-0.1, -0.05) is 42.5 Å². The summed E-state index contributed by atoms with van der Waals surface area (Å²) in [6.07, 6.45) is 3.70. The van der Waals surface area contributed by atoms with Gasteiger partial charge in [-0.05, 0) is 42.7 Å². The Labute approximate surface area is 182 Å². The molecule has 160 valence electrons. The molecule has 0 atom stereocenters. The minimum atomic E-state index is -0.120. The Morgan fingerprint density at radius 3 is 2.42 bits per heavy atom. The second-order valence-corrected chi connectivity index (χ2v) is 7.77. The molecule has 1 aromatic heterocycles. The molecule has 6 nitrogen and oxygen atoms in total. The van der Waals surface area contributed by atoms with Gasteiger partial charge in [0.2, 0.25) is 5.91 Å². The number of hydrogen-bond donors (Lipinski definition) is 2. The summed E-state index contributed by atoms with van der Waals surface area (Å²) in [5, 5.41) is 6.08. The summed E-state index contributed by atoms with van der Waals surface area (Å²) in [7, 11) is 0. The van der Waals surface area contributed by atoms with Crippen LogP contribution < -0.4 is 15.5 Å². The third kappa shape index (κ3) is 5.54. The number of para-hydroxylation sites is 1. The third-order valence-electron chi connectivity index (χ3n) is 5.56. The molecule has 0 unspecified atom stereocenters. The molecule has 2 aromatic carbocycles. The normalized spacial score (nSPS) is 14.3. The molecule has 6 heteroatoms. The molecule has 0 aliphatic carbocycles. The van der Waals surface area contributed by atoms with Crippen molar-refractivity contribution in [2.45, 2.75) is 31.8 Å². The highest BCUT2D eigenvalue weighted by Gasteiger charge is 2.23. The first-order valence-corrected chi connectivity index (χ1v) is 10.7. The molecule has 2 amide bonds. The van der Waals surface area contributed by atoms with Gasteiger partial charge in [-0.15, -0.1) is 0 Å². The van der Waals surface area contributed by atoms with Gasteiger partial charge in [0.05, 0.1) is 24.8 Å². The van der Waals surface area contributed by atoms with E-state index in [0.717, 1.165) is 42.9 Å². The van der Waals surface area contributed by atoms with Crippen molar-refractivity contribution in [1.29, 1.82) is 0 Å². The van der Waals surface area contributed by atoms with Gasteiger partial charge in [-0.25, -0.2) is 0 Å². The van der Waals surface area contributed by atoms with E-state index in [1.54, 1.807) is 12.3 Å². The average molecular weight is 418 g/mol. The van der Waals surface area contributed by atoms with E-state index in [1.165, 1.54) is 0 Å². The molecule has 31 heavy (non-hydrogen) atoms. The van der Waals surface area contributed by atoms with E-state index >= 15 is 0 Å². The first-order chi connectivity index (χ1) is 15.2. The number of carbonyl (C=O) groups excluding carboxylic acids is 2. The van der Waals surface area contributed by atoms with Crippen LogP contribution in [-0.4, -0.2) is 30.9 Å². The zero-order valence-corrected chi connectivity index (χ0v) is 17.4. The van der Waals surface area contributed by atoms with Gasteiger partial charge in [0.25, 0.3) is 5.91 Å². The molecule has 1 aliphatic heterocycles. The molecular weight excluding hydrogens is 390 g/mol. The maximum Gasteiger partial charge on any atom is 0.253 e. The smallest absolute Gasteiger partial charge is 0.253 e. The van der Waals surface area contributed by atoms with Crippen LogP contribution >= 0.6 is 0 Å². The summed E-state index contributed by atoms with van der Waals surface area (Å²) in [5.74, 6) is 0.658. The van der Waals surface area contributed by atoms with E-state index in [2.05, 4.69) is 15.5 Å². The highest BCUT2D eigenvalue weighted by atomic mass is 16.3. The highest BCUT2D eigenvalue weighted by molar-refractivity contribution is 5.99. The fourth-order valence-corrected chi connectivity index (χ4v) is 3.94. The Morgan fingerprint density at radius 1 is 0.935 bits per heavy atom. The number of piperidine rings is 1. The number of nitrogens with one attached hydrogen (secondary N) is 2. The quantitative estimate of drug-likeness (QED) is 0.617. The fourth-order valence-electron chi connectivity index (χ4n) is 3.94. The van der Waals surface area contributed by atoms with Crippen LogP contribution in [0.4, 0.5) is 5.69 Å². The minimum absolute atomic E-state index is 0.0577. The number of nitrogens with zero attached hydrogens (tertiary/aromatic N) is 1. The number of carbonyl (C=O) groups is 2. The Balaban J connectivity index is 1.31. The zero-order chi connectivity index (χ0) is 21.5. The van der Waals surface area contributed by atoms with Crippen LogP contribution in [0.25, 0.3) is 0 Å². The van der Waals surface area contributed by atoms with Crippen LogP contribution in [-0.2, 0) is 17.8 Å². The standard InChI is InChI=1S/C25H27N3O3/c29-24(17-19-7-2-1-3-8-19)27-20-12-14-28(15-13-20)23-11-5-4-10-22(23)25(30)26-18-21-9-6-16-31-21/h1-11,16,20H,12-15,17-18H2,(H,26,30)(H,27,29). The van der Waals surface area contributed by atoms with Crippen molar-refractivity contribution in [3.63, 3.8) is 0 Å². The summed E-state index contributed by atoms with van der Waals surface area (Å²) in [6.45, 7) is 1.94. The monoisotopic (exact) mass is 417 g/mol. The van der Waals surface area contributed by atoms with E-state index in [-0.39, 0.29) is 17.9 Å². The molecule has 3 aromatic rings. The predicted octanol–water partition coefficient (Wildman–Crippen LogP) is 3.54. The largest absolute Gasteiger partial charge is 0.467 e. The highest BCUT2D eigenvalue weighted by Crippen LogP contribution is 2.24. The Morgan fingerprint density at radius 2 is 1.68 bits per heavy atom. The van der Waals surface area contributed by atoms with Crippen LogP contribution in [0.5, 0.6) is 0 Å². The summed E-state index contributed by atoms with van der Waals surface area (Å²) in [5.41, 5.74) is 2.60. The van der Waals surface area contributed by atoms with Gasteiger partial charge < -0.3 is 20.0 Å². The molecule has 2 heterocycles. The summed E-state index contributed by atoms with van der Waals surface area (Å²) in [4.78, 5) is 27.3. The second-order valence-electron chi connectivity index (χ2n) is 7.77. The van der Waals surface area contributed by atoms with Crippen molar-refractivity contribution in [2.75, 3.05) is 18.0 Å². The number of anilines is 1. The Kier molecular flexibility index (Phi) is 6.67. The predicted molar refractivity (Wildman–Crippen MR) is 120 cm³/mol. The lowest BCUT2D eigenvalue weighted by Gasteiger charge is -2.35. The zero-order valence-electron chi connectivity index (χ0n) is 17.4. The average Bonchev–Trinajstić information content (AvgIpc) is 3.32. The van der Waals surface area contributed by atoms with Crippen molar-refractivity contribution in [2.24, 2.45) is 0 Å². The topological polar surface area (TPSA) is 74.6 Å². The number of hydrogen-bond acceptors (Lipinski definition) is 4. The number of furan rings is 1. The SMILES string of the molecule is O=C(Cc1ccccc1)NC1CCN(c2ccccc2C(=O)NCc2ccco2)CC1. The minimum Gasteiger partial charge on any atom is -0.467 e. The molecule has 0 bridgehead atoms. The van der Waals surface area contributed by atoms with E-state index in [1.807, 2.05) is 60.7 Å². The third-order valence-corrected chi connectivity index (χ3v) is 5.56. The van der Waals surface area contributed by atoms with Crippen molar-refractivity contribution < 1.29 is 14.0 Å². The van der Waals surface area contributed by atoms with Gasteiger partial charge in [-0.2, -0.15) is 0 Å². The second kappa shape index (κ2) is 9.98. The van der Waals surface area contributed by atoms with E-state index in [0.29, 0.717) is 18.5 Å². The fraction of sp³-hybridized carbons (Fsp3) is 0.280. The van der Waals surface area contributed by atoms with Crippen LogP contribution in [0.15, 0.2) is 77.4 Å². The van der Waals surface area contributed by atoms with E-state index < -0.39 is 0 Å². The molecule has 0 saturated carbocycles. The first kappa shape index (κ1) is 20.7. The Bertz CT molecular complexity index is 994. The molecule has 2 N–H and O–H groups in total. The van der Waals surface area contributed by atoms with Crippen molar-refractivity contribution in [1.82, 2.24) is 10.6 Å². The van der Waals surface area contributed by atoms with Crippen molar-refractivity contribution in [3.05, 3.63) is 89.9 Å². The summed E-state index contributed by atoms with van der Waals surface area (Å²) in [6, 6.07) is 21.2. The van der Waals surface area contributed by atoms with Gasteiger partial charge in [0.15, 0.2) is 0 Å². The lowest BCUT2D eigenvalue weighted by Crippen LogP contribution is -2.45. The van der Waals surface area contributed by atoms with Gasteiger partial charge in [-0.3, -0.25) is 9.59 Å². The Hall–Kier alpha value is -3.54. The van der Waals surface area contributed by atoms with Crippen LogP contribution in [0.3, 0.4) is 0 Å². The lowest BCUT2D eigenvalue weighted by atomic mass is 10.0. The van der Waals surface area contributed by atoms with E-state index in [9.17, 15) is 9.59 Å². The number of amides is 2. The number of rotatable bonds is 7. The molecule has 1 fully saturated rings. The first-order valence-electron chi connectivity index (χ1n) is 10.7. The molecule has 1 aliphatic rings. The van der Waals surface area contributed by atoms with Crippen LogP contribution in [0.2, 0.25) is 0 Å². The lowest BCUT2D eigenvalue weighted by molar-refractivity contribution is -0.121. The van der Waals surface area contributed by atoms with Crippen LogP contribution in [0.1, 0.15) is 34.5 Å². The maximum atomic E-state index is 12.8. The van der Waals surface area contributed by atoms with Gasteiger partial charge >= 0.3 is 0 Å². The summed E-state index contributed by atoms with van der Waals surface area (Å²) < 4.78 is 5.29. The molecular formula is C25H27N3O3. The summed E-state index contributed by atoms with van der Waals surface area (Å²) >= 11 is 0. The van der Waals surface area contributed by atoms with Gasteiger partial charge in [0.1, 0.15) is 5.76 Å². The molecule has 0 radical (unpaired) electrons. The molecule has 4 rings (SSSR count). The van der Waals surface area contributed by atoms with Crippen molar-refractivity contribution in [3.8, 4) is 0 Å². The van der Waals surface area contributed by atoms with Gasteiger partial charge in [0, 0.05) is 24.8 Å². The maximum absolute atomic E-state index is 12.8. The number of benzene rings is 2. The van der Waals surface area contributed by atoms with Crippen LogP contribution in [0, 0.1) is 0 Å². The molecule has 0 spiro atoms. The molecule has 1 saturated heterocycles. The van der Waals surface area contributed by atoms with Crippen molar-refractivity contribution >= 4 is 17.5 Å². The van der Waals surface area contributed by atoms with E-state index in [4.69, 9.17) is 4.42 Å².